The van der Waals surface area contributed by atoms with Crippen molar-refractivity contribution in [1.29, 1.82) is 0 Å². The number of hydrogen-bond acceptors (Lipinski definition) is 4. The van der Waals surface area contributed by atoms with Crippen LogP contribution in [-0.2, 0) is 10.0 Å². The Balaban J connectivity index is 2.42. The molecule has 0 unspecified atom stereocenters. The van der Waals surface area contributed by atoms with E-state index in [0.717, 1.165) is 12.8 Å². The molecular weight excluding hydrogens is 252 g/mol. The SMILES string of the molecule is COc1cncc(S(=O)(=O)N2CCCC2(C)C)c1. The average Bonchev–Trinajstić information content (AvgIpc) is 2.69. The lowest BCUT2D eigenvalue weighted by Gasteiger charge is -2.30. The molecule has 0 bridgehead atoms. The van der Waals surface area contributed by atoms with E-state index in [9.17, 15) is 8.42 Å². The lowest BCUT2D eigenvalue weighted by Crippen LogP contribution is -2.42. The molecule has 0 saturated carbocycles. The van der Waals surface area contributed by atoms with Crippen LogP contribution < -0.4 is 4.74 Å². The third kappa shape index (κ3) is 2.22. The first kappa shape index (κ1) is 13.3. The van der Waals surface area contributed by atoms with Gasteiger partial charge in [-0.1, -0.05) is 0 Å². The summed E-state index contributed by atoms with van der Waals surface area (Å²) >= 11 is 0. The van der Waals surface area contributed by atoms with E-state index in [0.29, 0.717) is 12.3 Å². The van der Waals surface area contributed by atoms with Crippen LogP contribution in [0.2, 0.25) is 0 Å². The summed E-state index contributed by atoms with van der Waals surface area (Å²) in [5, 5.41) is 0. The predicted octanol–water partition coefficient (Wildman–Crippen LogP) is 1.65. The first-order valence-electron chi connectivity index (χ1n) is 5.90. The Morgan fingerprint density at radius 3 is 2.67 bits per heavy atom. The summed E-state index contributed by atoms with van der Waals surface area (Å²) in [5.74, 6) is 0.452. The maximum atomic E-state index is 12.5. The Bertz CT molecular complexity index is 540. The van der Waals surface area contributed by atoms with E-state index in [1.54, 1.807) is 4.31 Å². The minimum Gasteiger partial charge on any atom is -0.495 e. The lowest BCUT2D eigenvalue weighted by atomic mass is 10.0. The molecule has 2 heterocycles. The molecule has 6 heteroatoms. The van der Waals surface area contributed by atoms with Crippen LogP contribution in [0, 0.1) is 0 Å². The van der Waals surface area contributed by atoms with Crippen LogP contribution in [0.25, 0.3) is 0 Å². The number of ether oxygens (including phenoxy) is 1. The molecule has 0 amide bonds. The fourth-order valence-corrected chi connectivity index (χ4v) is 4.13. The zero-order valence-corrected chi connectivity index (χ0v) is 11.7. The van der Waals surface area contributed by atoms with Crippen LogP contribution in [0.3, 0.4) is 0 Å². The van der Waals surface area contributed by atoms with Crippen molar-refractivity contribution < 1.29 is 13.2 Å². The maximum Gasteiger partial charge on any atom is 0.245 e. The van der Waals surface area contributed by atoms with Crippen molar-refractivity contribution >= 4 is 10.0 Å². The molecule has 1 aliphatic rings. The molecule has 0 atom stereocenters. The zero-order chi connectivity index (χ0) is 13.4. The van der Waals surface area contributed by atoms with Crippen molar-refractivity contribution in [1.82, 2.24) is 9.29 Å². The van der Waals surface area contributed by atoms with Crippen LogP contribution in [0.15, 0.2) is 23.4 Å². The second kappa shape index (κ2) is 4.51. The van der Waals surface area contributed by atoms with Crippen LogP contribution >= 0.6 is 0 Å². The standard InChI is InChI=1S/C12H18N2O3S/c1-12(2)5-4-6-14(12)18(15,16)11-7-10(17-3)8-13-9-11/h7-9H,4-6H2,1-3H3. The summed E-state index contributed by atoms with van der Waals surface area (Å²) in [6, 6.07) is 1.51. The number of pyridine rings is 1. The number of hydrogen-bond donors (Lipinski definition) is 0. The molecule has 1 aromatic rings. The van der Waals surface area contributed by atoms with Crippen molar-refractivity contribution in [2.75, 3.05) is 13.7 Å². The van der Waals surface area contributed by atoms with E-state index in [4.69, 9.17) is 4.74 Å². The first-order valence-corrected chi connectivity index (χ1v) is 7.34. The fraction of sp³-hybridized carbons (Fsp3) is 0.583. The largest absolute Gasteiger partial charge is 0.495 e. The molecule has 1 saturated heterocycles. The fourth-order valence-electron chi connectivity index (χ4n) is 2.31. The predicted molar refractivity (Wildman–Crippen MR) is 68.0 cm³/mol. The average molecular weight is 270 g/mol. The van der Waals surface area contributed by atoms with Gasteiger partial charge in [-0.05, 0) is 26.7 Å². The molecule has 2 rings (SSSR count). The Hall–Kier alpha value is -1.14. The highest BCUT2D eigenvalue weighted by Crippen LogP contribution is 2.34. The van der Waals surface area contributed by atoms with E-state index in [1.807, 2.05) is 13.8 Å². The summed E-state index contributed by atoms with van der Waals surface area (Å²) in [6.07, 6.45) is 4.63. The van der Waals surface area contributed by atoms with Gasteiger partial charge in [-0.25, -0.2) is 8.42 Å². The molecule has 0 aromatic carbocycles. The molecular formula is C12H18N2O3S. The minimum atomic E-state index is -3.49. The van der Waals surface area contributed by atoms with E-state index >= 15 is 0 Å². The third-order valence-corrected chi connectivity index (χ3v) is 5.41. The van der Waals surface area contributed by atoms with Crippen molar-refractivity contribution in [3.8, 4) is 5.75 Å². The highest BCUT2D eigenvalue weighted by Gasteiger charge is 2.41. The third-order valence-electron chi connectivity index (χ3n) is 3.34. The molecule has 1 aliphatic heterocycles. The van der Waals surface area contributed by atoms with E-state index in [-0.39, 0.29) is 10.4 Å². The van der Waals surface area contributed by atoms with Gasteiger partial charge >= 0.3 is 0 Å². The Morgan fingerprint density at radius 1 is 1.39 bits per heavy atom. The molecule has 0 aliphatic carbocycles. The summed E-state index contributed by atoms with van der Waals surface area (Å²) < 4.78 is 31.7. The molecule has 5 nitrogen and oxygen atoms in total. The van der Waals surface area contributed by atoms with Crippen LogP contribution in [-0.4, -0.2) is 36.9 Å². The van der Waals surface area contributed by atoms with Gasteiger partial charge in [-0.3, -0.25) is 4.98 Å². The zero-order valence-electron chi connectivity index (χ0n) is 10.9. The van der Waals surface area contributed by atoms with Gasteiger partial charge in [0.25, 0.3) is 0 Å². The summed E-state index contributed by atoms with van der Waals surface area (Å²) in [4.78, 5) is 4.10. The van der Waals surface area contributed by atoms with Gasteiger partial charge in [-0.15, -0.1) is 0 Å². The van der Waals surface area contributed by atoms with E-state index in [2.05, 4.69) is 4.98 Å². The first-order chi connectivity index (χ1) is 8.38. The van der Waals surface area contributed by atoms with Crippen LogP contribution in [0.5, 0.6) is 5.75 Å². The topological polar surface area (TPSA) is 59.5 Å². The molecule has 0 N–H and O–H groups in total. The van der Waals surface area contributed by atoms with Crippen molar-refractivity contribution in [3.63, 3.8) is 0 Å². The van der Waals surface area contributed by atoms with Gasteiger partial charge < -0.3 is 4.74 Å². The second-order valence-corrected chi connectivity index (χ2v) is 6.92. The van der Waals surface area contributed by atoms with Gasteiger partial charge in [0.15, 0.2) is 0 Å². The van der Waals surface area contributed by atoms with Crippen molar-refractivity contribution in [2.45, 2.75) is 37.1 Å². The van der Waals surface area contributed by atoms with Gasteiger partial charge in [0, 0.05) is 24.3 Å². The summed E-state index contributed by atoms with van der Waals surface area (Å²) in [7, 11) is -1.99. The number of nitrogens with zero attached hydrogens (tertiary/aromatic N) is 2. The van der Waals surface area contributed by atoms with Crippen LogP contribution in [0.1, 0.15) is 26.7 Å². The second-order valence-electron chi connectivity index (χ2n) is 5.05. The number of rotatable bonds is 3. The Morgan fingerprint density at radius 2 is 2.11 bits per heavy atom. The Labute approximate surface area is 108 Å². The summed E-state index contributed by atoms with van der Waals surface area (Å²) in [5.41, 5.74) is -0.331. The van der Waals surface area contributed by atoms with Gasteiger partial charge in [0.2, 0.25) is 10.0 Å². The molecule has 1 aromatic heterocycles. The maximum absolute atomic E-state index is 12.5. The Kier molecular flexibility index (Phi) is 3.33. The van der Waals surface area contributed by atoms with Crippen molar-refractivity contribution in [3.05, 3.63) is 18.5 Å². The highest BCUT2D eigenvalue weighted by atomic mass is 32.2. The molecule has 0 radical (unpaired) electrons. The number of sulfonamides is 1. The van der Waals surface area contributed by atoms with Gasteiger partial charge in [0.05, 0.1) is 13.3 Å². The van der Waals surface area contributed by atoms with E-state index in [1.165, 1.54) is 25.6 Å². The van der Waals surface area contributed by atoms with Gasteiger partial charge in [0.1, 0.15) is 10.6 Å². The smallest absolute Gasteiger partial charge is 0.245 e. The minimum absolute atomic E-state index is 0.192. The van der Waals surface area contributed by atoms with Crippen LogP contribution in [0.4, 0.5) is 0 Å². The van der Waals surface area contributed by atoms with E-state index < -0.39 is 10.0 Å². The molecule has 0 spiro atoms. The lowest BCUT2D eigenvalue weighted by molar-refractivity contribution is 0.291. The number of aromatic nitrogens is 1. The highest BCUT2D eigenvalue weighted by molar-refractivity contribution is 7.89. The molecule has 100 valence electrons. The number of methoxy groups -OCH3 is 1. The molecule has 1 fully saturated rings. The van der Waals surface area contributed by atoms with Crippen molar-refractivity contribution in [2.24, 2.45) is 0 Å². The summed E-state index contributed by atoms with van der Waals surface area (Å²) in [6.45, 7) is 4.46. The monoisotopic (exact) mass is 270 g/mol. The quantitative estimate of drug-likeness (QED) is 0.838. The molecule has 18 heavy (non-hydrogen) atoms. The normalized spacial score (nSPS) is 19.9. The van der Waals surface area contributed by atoms with Gasteiger partial charge in [-0.2, -0.15) is 4.31 Å².